The number of nitrogens with zero attached hydrogens (tertiary/aromatic N) is 5. The summed E-state index contributed by atoms with van der Waals surface area (Å²) in [7, 11) is -2.10. The number of hydrogen-bond acceptors (Lipinski definition) is 9. The second-order valence-corrected chi connectivity index (χ2v) is 9.10. The van der Waals surface area contributed by atoms with Crippen molar-refractivity contribution in [1.82, 2.24) is 19.1 Å². The number of esters is 1. The van der Waals surface area contributed by atoms with Crippen LogP contribution in [0.5, 0.6) is 0 Å². The van der Waals surface area contributed by atoms with Gasteiger partial charge in [0.25, 0.3) is 11.6 Å². The van der Waals surface area contributed by atoms with Crippen LogP contribution in [0.25, 0.3) is 11.5 Å². The number of hydrogen-bond donors (Lipinski definition) is 0. The van der Waals surface area contributed by atoms with Gasteiger partial charge in [-0.2, -0.15) is 4.31 Å². The van der Waals surface area contributed by atoms with Gasteiger partial charge in [0.2, 0.25) is 15.9 Å². The Hall–Kier alpha value is -3.58. The van der Waals surface area contributed by atoms with E-state index in [4.69, 9.17) is 9.15 Å². The summed E-state index contributed by atoms with van der Waals surface area (Å²) in [6, 6.07) is 6.83. The average molecular weight is 461 g/mol. The molecule has 0 amide bonds. The van der Waals surface area contributed by atoms with Crippen LogP contribution in [0.15, 0.2) is 45.8 Å². The topological polar surface area (TPSA) is 151 Å². The number of ether oxygens (including phenoxy) is 1. The molecule has 3 aromatic rings. The van der Waals surface area contributed by atoms with E-state index in [0.717, 1.165) is 12.8 Å². The Morgan fingerprint density at radius 3 is 2.56 bits per heavy atom. The lowest BCUT2D eigenvalue weighted by Crippen LogP contribution is -2.27. The van der Waals surface area contributed by atoms with Gasteiger partial charge in [0.05, 0.1) is 4.92 Å². The average Bonchev–Trinajstić information content (AvgIpc) is 3.53. The summed E-state index contributed by atoms with van der Waals surface area (Å²) in [5, 5.41) is 18.4. The van der Waals surface area contributed by atoms with Gasteiger partial charge >= 0.3 is 5.97 Å². The Bertz CT molecular complexity index is 1260. The smallest absolute Gasteiger partial charge is 0.355 e. The Morgan fingerprint density at radius 1 is 1.22 bits per heavy atom. The van der Waals surface area contributed by atoms with Crippen molar-refractivity contribution in [2.24, 2.45) is 7.05 Å². The van der Waals surface area contributed by atoms with Crippen molar-refractivity contribution in [2.45, 2.75) is 24.3 Å². The minimum atomic E-state index is -3.66. The lowest BCUT2D eigenvalue weighted by Gasteiger charge is -2.13. The third-order valence-electron chi connectivity index (χ3n) is 5.01. The maximum atomic E-state index is 12.7. The number of non-ortho nitro benzene ring substituents is 1. The molecule has 1 aromatic carbocycles. The van der Waals surface area contributed by atoms with Gasteiger partial charge in [-0.15, -0.1) is 10.2 Å². The SMILES string of the molecule is Cn1cc(S(=O)(=O)N2CCCC2)cc1C(=O)OCc1nnc(-c2ccc([N+](=O)[O-])cc2)o1. The molecule has 4 rings (SSSR count). The molecule has 0 radical (unpaired) electrons. The summed E-state index contributed by atoms with van der Waals surface area (Å²) in [5.74, 6) is -0.611. The minimum Gasteiger partial charge on any atom is -0.451 e. The molecule has 0 unspecified atom stereocenters. The van der Waals surface area contributed by atoms with Gasteiger partial charge in [-0.3, -0.25) is 10.1 Å². The van der Waals surface area contributed by atoms with Gasteiger partial charge in [-0.25, -0.2) is 13.2 Å². The van der Waals surface area contributed by atoms with Crippen molar-refractivity contribution in [3.63, 3.8) is 0 Å². The number of carbonyl (C=O) groups excluding carboxylic acids is 1. The number of nitro groups is 1. The van der Waals surface area contributed by atoms with Crippen molar-refractivity contribution >= 4 is 21.7 Å². The van der Waals surface area contributed by atoms with Gasteiger partial charge < -0.3 is 13.7 Å². The Morgan fingerprint density at radius 2 is 1.91 bits per heavy atom. The highest BCUT2D eigenvalue weighted by atomic mass is 32.2. The lowest BCUT2D eigenvalue weighted by molar-refractivity contribution is -0.384. The molecule has 0 N–H and O–H groups in total. The summed E-state index contributed by atoms with van der Waals surface area (Å²) in [6.07, 6.45) is 3.00. The molecule has 0 saturated carbocycles. The van der Waals surface area contributed by atoms with Gasteiger partial charge in [0, 0.05) is 44.0 Å². The van der Waals surface area contributed by atoms with E-state index in [9.17, 15) is 23.3 Å². The Balaban J connectivity index is 1.42. The molecule has 1 saturated heterocycles. The predicted molar refractivity (Wildman–Crippen MR) is 109 cm³/mol. The van der Waals surface area contributed by atoms with Crippen molar-refractivity contribution in [3.05, 3.63) is 58.2 Å². The monoisotopic (exact) mass is 461 g/mol. The zero-order valence-electron chi connectivity index (χ0n) is 17.0. The molecule has 1 aliphatic rings. The van der Waals surface area contributed by atoms with Gasteiger partial charge in [-0.1, -0.05) is 0 Å². The van der Waals surface area contributed by atoms with Crippen molar-refractivity contribution in [3.8, 4) is 11.5 Å². The van der Waals surface area contributed by atoms with Gasteiger partial charge in [0.1, 0.15) is 10.6 Å². The highest BCUT2D eigenvalue weighted by Gasteiger charge is 2.29. The quantitative estimate of drug-likeness (QED) is 0.293. The van der Waals surface area contributed by atoms with Crippen LogP contribution in [0.1, 0.15) is 29.2 Å². The van der Waals surface area contributed by atoms with Crippen LogP contribution in [0, 0.1) is 10.1 Å². The van der Waals surface area contributed by atoms with Crippen LogP contribution in [0.2, 0.25) is 0 Å². The van der Waals surface area contributed by atoms with Crippen molar-refractivity contribution in [2.75, 3.05) is 13.1 Å². The van der Waals surface area contributed by atoms with Crippen LogP contribution < -0.4 is 0 Å². The molecule has 1 aliphatic heterocycles. The normalized spacial score (nSPS) is 14.5. The highest BCUT2D eigenvalue weighted by Crippen LogP contribution is 2.24. The standard InChI is InChI=1S/C19H19N5O7S/c1-22-11-15(32(28,29)23-8-2-3-9-23)10-16(22)19(25)30-12-17-20-21-18(31-17)13-4-6-14(7-5-13)24(26)27/h4-7,10-11H,2-3,8-9,12H2,1H3. The molecule has 0 spiro atoms. The molecule has 32 heavy (non-hydrogen) atoms. The molecule has 1 fully saturated rings. The first-order valence-electron chi connectivity index (χ1n) is 9.66. The molecule has 0 atom stereocenters. The van der Waals surface area contributed by atoms with Crippen LogP contribution in [-0.2, 0) is 28.4 Å². The van der Waals surface area contributed by atoms with Crippen molar-refractivity contribution < 1.29 is 27.3 Å². The van der Waals surface area contributed by atoms with Crippen LogP contribution in [0.4, 0.5) is 5.69 Å². The van der Waals surface area contributed by atoms with Gasteiger partial charge in [0.15, 0.2) is 6.61 Å². The third kappa shape index (κ3) is 4.24. The highest BCUT2D eigenvalue weighted by molar-refractivity contribution is 7.89. The summed E-state index contributed by atoms with van der Waals surface area (Å²) in [6.45, 7) is 0.606. The predicted octanol–water partition coefficient (Wildman–Crippen LogP) is 2.12. The first-order valence-corrected chi connectivity index (χ1v) is 11.1. The third-order valence-corrected chi connectivity index (χ3v) is 6.87. The zero-order valence-corrected chi connectivity index (χ0v) is 17.8. The molecule has 0 bridgehead atoms. The van der Waals surface area contributed by atoms with E-state index in [2.05, 4.69) is 10.2 Å². The van der Waals surface area contributed by atoms with E-state index >= 15 is 0 Å². The van der Waals surface area contributed by atoms with Crippen LogP contribution in [0.3, 0.4) is 0 Å². The largest absolute Gasteiger partial charge is 0.451 e. The van der Waals surface area contributed by atoms with Crippen molar-refractivity contribution in [1.29, 1.82) is 0 Å². The number of benzene rings is 1. The zero-order chi connectivity index (χ0) is 22.9. The fourth-order valence-corrected chi connectivity index (χ4v) is 4.90. The van der Waals surface area contributed by atoms with E-state index in [-0.39, 0.29) is 34.7 Å². The molecular weight excluding hydrogens is 442 g/mol. The van der Waals surface area contributed by atoms with Crippen LogP contribution >= 0.6 is 0 Å². The number of nitro benzene ring substituents is 1. The van der Waals surface area contributed by atoms with E-state index in [1.807, 2.05) is 0 Å². The summed E-state index contributed by atoms with van der Waals surface area (Å²) in [5.41, 5.74) is 0.467. The van der Waals surface area contributed by atoms with E-state index in [1.165, 1.54) is 45.4 Å². The molecule has 13 heteroatoms. The second-order valence-electron chi connectivity index (χ2n) is 7.16. The first kappa shape index (κ1) is 21.6. The molecular formula is C19H19N5O7S. The number of aromatic nitrogens is 3. The fourth-order valence-electron chi connectivity index (χ4n) is 3.31. The molecule has 3 heterocycles. The van der Waals surface area contributed by atoms with Crippen LogP contribution in [-0.4, -0.2) is 51.5 Å². The minimum absolute atomic E-state index is 0.0193. The maximum absolute atomic E-state index is 12.7. The number of sulfonamides is 1. The molecule has 168 valence electrons. The lowest BCUT2D eigenvalue weighted by atomic mass is 10.2. The fraction of sp³-hybridized carbons (Fsp3) is 0.316. The number of carbonyl (C=O) groups is 1. The summed E-state index contributed by atoms with van der Waals surface area (Å²) in [4.78, 5) is 22.7. The number of rotatable bonds is 7. The summed E-state index contributed by atoms with van der Waals surface area (Å²) >= 11 is 0. The first-order chi connectivity index (χ1) is 15.3. The Labute approximate surface area is 182 Å². The number of aryl methyl sites for hydroxylation is 1. The molecule has 12 nitrogen and oxygen atoms in total. The van der Waals surface area contributed by atoms with E-state index in [0.29, 0.717) is 18.7 Å². The van der Waals surface area contributed by atoms with E-state index < -0.39 is 20.9 Å². The molecule has 2 aromatic heterocycles. The van der Waals surface area contributed by atoms with E-state index in [1.54, 1.807) is 7.05 Å². The maximum Gasteiger partial charge on any atom is 0.355 e. The summed E-state index contributed by atoms with van der Waals surface area (Å²) < 4.78 is 38.8. The second kappa shape index (κ2) is 8.51. The molecule has 0 aliphatic carbocycles. The Kier molecular flexibility index (Phi) is 5.76. The van der Waals surface area contributed by atoms with Gasteiger partial charge in [-0.05, 0) is 31.0 Å².